The summed E-state index contributed by atoms with van der Waals surface area (Å²) in [5, 5.41) is 0. The van der Waals surface area contributed by atoms with Crippen LogP contribution in [0.1, 0.15) is 50.5 Å². The predicted molar refractivity (Wildman–Crippen MR) is 103 cm³/mol. The molecule has 0 bridgehead atoms. The van der Waals surface area contributed by atoms with Crippen LogP contribution in [0.25, 0.3) is 0 Å². The number of rotatable bonds is 6. The smallest absolute Gasteiger partial charge is 0.233 e. The van der Waals surface area contributed by atoms with E-state index in [0.29, 0.717) is 12.5 Å². The average Bonchev–Trinajstić information content (AvgIpc) is 3.14. The number of hydrogen-bond acceptors (Lipinski definition) is 3. The van der Waals surface area contributed by atoms with Gasteiger partial charge >= 0.3 is 0 Å². The fourth-order valence-corrected chi connectivity index (χ4v) is 4.22. The molecule has 1 saturated heterocycles. The van der Waals surface area contributed by atoms with Gasteiger partial charge in [-0.05, 0) is 44.2 Å². The van der Waals surface area contributed by atoms with Crippen molar-refractivity contribution in [3.8, 4) is 0 Å². The molecular weight excluding hydrogens is 336 g/mol. The van der Waals surface area contributed by atoms with Crippen LogP contribution in [-0.4, -0.2) is 43.2 Å². The first kappa shape index (κ1) is 20.2. The lowest BCUT2D eigenvalue weighted by Crippen LogP contribution is -2.49. The molecule has 1 aliphatic carbocycles. The molecule has 1 aromatic carbocycles. The van der Waals surface area contributed by atoms with Gasteiger partial charge in [0.25, 0.3) is 0 Å². The van der Waals surface area contributed by atoms with Gasteiger partial charge < -0.3 is 15.4 Å². The Morgan fingerprint density at radius 3 is 2.40 bits per heavy atom. The van der Waals surface area contributed by atoms with Gasteiger partial charge in [0, 0.05) is 19.7 Å². The van der Waals surface area contributed by atoms with Crippen LogP contribution in [0.2, 0.25) is 0 Å². The fraction of sp³-hybridized carbons (Fsp3) is 0.650. The highest BCUT2D eigenvalue weighted by Gasteiger charge is 2.45. The number of halogens is 1. The number of piperidine rings is 1. The van der Waals surface area contributed by atoms with Crippen molar-refractivity contribution < 1.29 is 9.53 Å². The standard InChI is InChI=1S/C20H30N2O2.ClH/c21-13-6-16-24-18-9-14-22(15-10-18)19(23)20(11-4-5-12-20)17-7-2-1-3-8-17;/h1-3,7-8,18H,4-6,9-16,21H2;1H. The summed E-state index contributed by atoms with van der Waals surface area (Å²) < 4.78 is 5.87. The van der Waals surface area contributed by atoms with E-state index < -0.39 is 0 Å². The molecule has 25 heavy (non-hydrogen) atoms. The number of amides is 1. The Morgan fingerprint density at radius 1 is 1.16 bits per heavy atom. The Kier molecular flexibility index (Phi) is 7.73. The quantitative estimate of drug-likeness (QED) is 0.786. The van der Waals surface area contributed by atoms with E-state index in [9.17, 15) is 4.79 Å². The number of likely N-dealkylation sites (tertiary alicyclic amines) is 1. The number of nitrogens with zero attached hydrogens (tertiary/aromatic N) is 1. The third-order valence-electron chi connectivity index (χ3n) is 5.62. The van der Waals surface area contributed by atoms with Crippen molar-refractivity contribution in [2.45, 2.75) is 56.5 Å². The minimum atomic E-state index is -0.283. The lowest BCUT2D eigenvalue weighted by atomic mass is 9.77. The maximum absolute atomic E-state index is 13.4. The molecule has 2 aliphatic rings. The van der Waals surface area contributed by atoms with Crippen molar-refractivity contribution in [2.24, 2.45) is 5.73 Å². The lowest BCUT2D eigenvalue weighted by Gasteiger charge is -2.38. The van der Waals surface area contributed by atoms with Crippen molar-refractivity contribution in [1.29, 1.82) is 0 Å². The van der Waals surface area contributed by atoms with Gasteiger partial charge in [-0.1, -0.05) is 43.2 Å². The van der Waals surface area contributed by atoms with E-state index in [-0.39, 0.29) is 23.9 Å². The molecule has 0 spiro atoms. The summed E-state index contributed by atoms with van der Waals surface area (Å²) in [4.78, 5) is 15.4. The highest BCUT2D eigenvalue weighted by Crippen LogP contribution is 2.43. The number of nitrogens with two attached hydrogens (primary N) is 1. The summed E-state index contributed by atoms with van der Waals surface area (Å²) in [7, 11) is 0. The number of benzene rings is 1. The van der Waals surface area contributed by atoms with Crippen molar-refractivity contribution in [3.05, 3.63) is 35.9 Å². The lowest BCUT2D eigenvalue weighted by molar-refractivity contribution is -0.140. The van der Waals surface area contributed by atoms with Crippen molar-refractivity contribution in [2.75, 3.05) is 26.2 Å². The van der Waals surface area contributed by atoms with Crippen molar-refractivity contribution >= 4 is 18.3 Å². The Hall–Kier alpha value is -1.10. The molecule has 5 heteroatoms. The van der Waals surface area contributed by atoms with Crippen LogP contribution in [0, 0.1) is 0 Å². The van der Waals surface area contributed by atoms with Crippen LogP contribution in [0.4, 0.5) is 0 Å². The first-order valence-corrected chi connectivity index (χ1v) is 9.43. The monoisotopic (exact) mass is 366 g/mol. The largest absolute Gasteiger partial charge is 0.378 e. The number of ether oxygens (including phenoxy) is 1. The first-order chi connectivity index (χ1) is 11.8. The second-order valence-electron chi connectivity index (χ2n) is 7.16. The van der Waals surface area contributed by atoms with Crippen LogP contribution in [0.3, 0.4) is 0 Å². The highest BCUT2D eigenvalue weighted by atomic mass is 35.5. The van der Waals surface area contributed by atoms with E-state index in [1.807, 2.05) is 6.07 Å². The minimum Gasteiger partial charge on any atom is -0.378 e. The normalized spacial score (nSPS) is 20.3. The third kappa shape index (κ3) is 4.55. The van der Waals surface area contributed by atoms with Crippen LogP contribution >= 0.6 is 12.4 Å². The van der Waals surface area contributed by atoms with E-state index in [1.165, 1.54) is 5.56 Å². The molecule has 140 valence electrons. The van der Waals surface area contributed by atoms with Crippen LogP contribution in [-0.2, 0) is 14.9 Å². The van der Waals surface area contributed by atoms with Crippen molar-refractivity contribution in [3.63, 3.8) is 0 Å². The van der Waals surface area contributed by atoms with Gasteiger partial charge in [0.05, 0.1) is 11.5 Å². The minimum absolute atomic E-state index is 0. The summed E-state index contributed by atoms with van der Waals surface area (Å²) in [6.07, 6.45) is 7.37. The van der Waals surface area contributed by atoms with E-state index in [4.69, 9.17) is 10.5 Å². The van der Waals surface area contributed by atoms with Crippen LogP contribution in [0.15, 0.2) is 30.3 Å². The first-order valence-electron chi connectivity index (χ1n) is 9.43. The van der Waals surface area contributed by atoms with Gasteiger partial charge in [-0.15, -0.1) is 12.4 Å². The Labute approximate surface area is 157 Å². The van der Waals surface area contributed by atoms with Crippen LogP contribution < -0.4 is 5.73 Å². The zero-order valence-electron chi connectivity index (χ0n) is 15.0. The molecule has 0 aromatic heterocycles. The van der Waals surface area contributed by atoms with E-state index in [0.717, 1.165) is 64.6 Å². The molecule has 0 radical (unpaired) electrons. The number of hydrogen-bond donors (Lipinski definition) is 1. The zero-order chi connectivity index (χ0) is 16.8. The topological polar surface area (TPSA) is 55.6 Å². The molecule has 1 saturated carbocycles. The van der Waals surface area contributed by atoms with E-state index >= 15 is 0 Å². The molecule has 2 fully saturated rings. The predicted octanol–water partition coefficient (Wildman–Crippen LogP) is 3.28. The number of carbonyl (C=O) groups is 1. The van der Waals surface area contributed by atoms with Gasteiger partial charge in [0.15, 0.2) is 0 Å². The fourth-order valence-electron chi connectivity index (χ4n) is 4.22. The molecular formula is C20H31ClN2O2. The zero-order valence-corrected chi connectivity index (χ0v) is 15.8. The summed E-state index contributed by atoms with van der Waals surface area (Å²) in [6, 6.07) is 10.4. The summed E-state index contributed by atoms with van der Waals surface area (Å²) in [5.41, 5.74) is 6.43. The second-order valence-corrected chi connectivity index (χ2v) is 7.16. The van der Waals surface area contributed by atoms with E-state index in [2.05, 4.69) is 29.2 Å². The molecule has 3 rings (SSSR count). The third-order valence-corrected chi connectivity index (χ3v) is 5.62. The van der Waals surface area contributed by atoms with Gasteiger partial charge in [0.2, 0.25) is 5.91 Å². The van der Waals surface area contributed by atoms with E-state index in [1.54, 1.807) is 0 Å². The molecule has 2 N–H and O–H groups in total. The van der Waals surface area contributed by atoms with Gasteiger partial charge in [-0.2, -0.15) is 0 Å². The molecule has 1 heterocycles. The Morgan fingerprint density at radius 2 is 1.80 bits per heavy atom. The average molecular weight is 367 g/mol. The van der Waals surface area contributed by atoms with Gasteiger partial charge in [-0.3, -0.25) is 4.79 Å². The molecule has 1 aliphatic heterocycles. The summed E-state index contributed by atoms with van der Waals surface area (Å²) in [6.45, 7) is 3.06. The molecule has 0 unspecified atom stereocenters. The summed E-state index contributed by atoms with van der Waals surface area (Å²) >= 11 is 0. The maximum Gasteiger partial charge on any atom is 0.233 e. The molecule has 1 aromatic rings. The Balaban J connectivity index is 0.00000225. The van der Waals surface area contributed by atoms with Crippen LogP contribution in [0.5, 0.6) is 0 Å². The molecule has 4 nitrogen and oxygen atoms in total. The van der Waals surface area contributed by atoms with Gasteiger partial charge in [-0.25, -0.2) is 0 Å². The number of carbonyl (C=O) groups excluding carboxylic acids is 1. The second kappa shape index (κ2) is 9.56. The molecule has 1 amide bonds. The summed E-state index contributed by atoms with van der Waals surface area (Å²) in [5.74, 6) is 0.339. The highest BCUT2D eigenvalue weighted by molar-refractivity contribution is 5.88. The SMILES string of the molecule is Cl.NCCCOC1CCN(C(=O)C2(c3ccccc3)CCCC2)CC1. The maximum atomic E-state index is 13.4. The Bertz CT molecular complexity index is 524. The van der Waals surface area contributed by atoms with Gasteiger partial charge in [0.1, 0.15) is 0 Å². The molecule has 0 atom stereocenters. The van der Waals surface area contributed by atoms with Crippen molar-refractivity contribution in [1.82, 2.24) is 4.90 Å².